The van der Waals surface area contributed by atoms with Crippen LogP contribution in [0.25, 0.3) is 0 Å². The van der Waals surface area contributed by atoms with E-state index in [1.54, 1.807) is 0 Å². The summed E-state index contributed by atoms with van der Waals surface area (Å²) >= 11 is 0. The van der Waals surface area contributed by atoms with Crippen molar-refractivity contribution in [2.75, 3.05) is 26.7 Å². The van der Waals surface area contributed by atoms with E-state index in [1.807, 2.05) is 0 Å². The van der Waals surface area contributed by atoms with E-state index < -0.39 is 0 Å². The lowest BCUT2D eigenvalue weighted by Crippen LogP contribution is -2.35. The van der Waals surface area contributed by atoms with Gasteiger partial charge in [0.15, 0.2) is 0 Å². The summed E-state index contributed by atoms with van der Waals surface area (Å²) in [6, 6.07) is 0. The summed E-state index contributed by atoms with van der Waals surface area (Å²) in [6.07, 6.45) is 2.27. The third-order valence-corrected chi connectivity index (χ3v) is 2.82. The molecule has 0 amide bonds. The summed E-state index contributed by atoms with van der Waals surface area (Å²) in [7, 11) is 2.09. The number of hydrogen-bond donors (Lipinski definition) is 1. The molecule has 1 fully saturated rings. The van der Waals surface area contributed by atoms with Crippen molar-refractivity contribution in [2.24, 2.45) is 11.1 Å². The molecule has 0 aromatic heterocycles. The van der Waals surface area contributed by atoms with E-state index in [2.05, 4.69) is 17.1 Å². The second kappa shape index (κ2) is 5.29. The van der Waals surface area contributed by atoms with Crippen LogP contribution in [-0.2, 0) is 0 Å². The standard InChI is InChI=1S/C9H18N2O2/c1-11-6-3-8(4-7-11)9(12)2-5-10-13/h8-9,12H,2-7H2,1H3/t9-/m1/s1. The minimum atomic E-state index is -0.327. The fraction of sp³-hybridized carbons (Fsp3) is 1.00. The summed E-state index contributed by atoms with van der Waals surface area (Å²) in [4.78, 5) is 12.1. The van der Waals surface area contributed by atoms with Crippen LogP contribution >= 0.6 is 0 Å². The summed E-state index contributed by atoms with van der Waals surface area (Å²) in [5.41, 5.74) is 0. The van der Waals surface area contributed by atoms with Crippen LogP contribution in [0.4, 0.5) is 0 Å². The quantitative estimate of drug-likeness (QED) is 0.662. The van der Waals surface area contributed by atoms with E-state index in [0.717, 1.165) is 25.9 Å². The molecular formula is C9H18N2O2. The molecule has 1 aliphatic heterocycles. The smallest absolute Gasteiger partial charge is 0.0835 e. The normalized spacial score (nSPS) is 22.9. The molecule has 0 aromatic rings. The molecule has 0 bridgehead atoms. The van der Waals surface area contributed by atoms with Crippen molar-refractivity contribution in [2.45, 2.75) is 25.4 Å². The first-order chi connectivity index (χ1) is 6.24. The lowest BCUT2D eigenvalue weighted by molar-refractivity contribution is 0.0617. The summed E-state index contributed by atoms with van der Waals surface area (Å²) < 4.78 is 0. The van der Waals surface area contributed by atoms with Gasteiger partial charge in [0.2, 0.25) is 0 Å². The highest BCUT2D eigenvalue weighted by atomic mass is 16.3. The summed E-state index contributed by atoms with van der Waals surface area (Å²) in [5.74, 6) is 0.373. The number of nitroso groups, excluding NO2 is 1. The van der Waals surface area contributed by atoms with Crippen LogP contribution in [0, 0.1) is 10.8 Å². The maximum atomic E-state index is 9.87. The number of likely N-dealkylation sites (tertiary alicyclic amines) is 1. The fourth-order valence-electron chi connectivity index (χ4n) is 1.83. The maximum absolute atomic E-state index is 9.87. The molecule has 1 aliphatic rings. The first-order valence-electron chi connectivity index (χ1n) is 4.89. The molecule has 1 rings (SSSR count). The first kappa shape index (κ1) is 10.6. The van der Waals surface area contributed by atoms with E-state index in [-0.39, 0.29) is 12.6 Å². The summed E-state index contributed by atoms with van der Waals surface area (Å²) in [6.45, 7) is 2.35. The molecule has 13 heavy (non-hydrogen) atoms. The third kappa shape index (κ3) is 3.40. The van der Waals surface area contributed by atoms with Gasteiger partial charge in [-0.15, -0.1) is 0 Å². The van der Waals surface area contributed by atoms with Gasteiger partial charge in [-0.3, -0.25) is 0 Å². The highest BCUT2D eigenvalue weighted by Gasteiger charge is 2.23. The first-order valence-corrected chi connectivity index (χ1v) is 4.89. The molecule has 1 heterocycles. The molecule has 0 spiro atoms. The Balaban J connectivity index is 2.22. The Morgan fingerprint density at radius 1 is 1.54 bits per heavy atom. The molecular weight excluding hydrogens is 168 g/mol. The van der Waals surface area contributed by atoms with E-state index in [1.165, 1.54) is 0 Å². The number of rotatable bonds is 4. The van der Waals surface area contributed by atoms with Crippen molar-refractivity contribution in [3.05, 3.63) is 4.91 Å². The number of piperidine rings is 1. The third-order valence-electron chi connectivity index (χ3n) is 2.82. The minimum Gasteiger partial charge on any atom is -0.393 e. The lowest BCUT2D eigenvalue weighted by atomic mass is 9.90. The highest BCUT2D eigenvalue weighted by molar-refractivity contribution is 4.76. The van der Waals surface area contributed by atoms with Crippen LogP contribution in [0.3, 0.4) is 0 Å². The Hall–Kier alpha value is -0.480. The molecule has 4 heteroatoms. The van der Waals surface area contributed by atoms with Crippen molar-refractivity contribution in [3.63, 3.8) is 0 Å². The van der Waals surface area contributed by atoms with E-state index >= 15 is 0 Å². The monoisotopic (exact) mass is 186 g/mol. The molecule has 0 radical (unpaired) electrons. The molecule has 1 N–H and O–H groups in total. The zero-order valence-electron chi connectivity index (χ0n) is 8.15. The van der Waals surface area contributed by atoms with Crippen molar-refractivity contribution in [1.29, 1.82) is 0 Å². The fourth-order valence-corrected chi connectivity index (χ4v) is 1.83. The maximum Gasteiger partial charge on any atom is 0.0835 e. The van der Waals surface area contributed by atoms with Crippen LogP contribution in [0.2, 0.25) is 0 Å². The number of aliphatic hydroxyl groups is 1. The van der Waals surface area contributed by atoms with Gasteiger partial charge in [-0.1, -0.05) is 5.18 Å². The van der Waals surface area contributed by atoms with Gasteiger partial charge in [0.25, 0.3) is 0 Å². The topological polar surface area (TPSA) is 52.9 Å². The van der Waals surface area contributed by atoms with Gasteiger partial charge < -0.3 is 10.0 Å². The van der Waals surface area contributed by atoms with Gasteiger partial charge in [-0.05, 0) is 45.3 Å². The average Bonchev–Trinajstić information content (AvgIpc) is 2.15. The Kier molecular flexibility index (Phi) is 4.32. The Morgan fingerprint density at radius 3 is 2.69 bits per heavy atom. The predicted octanol–water partition coefficient (Wildman–Crippen LogP) is 0.846. The van der Waals surface area contributed by atoms with Gasteiger partial charge in [-0.25, -0.2) is 0 Å². The zero-order valence-corrected chi connectivity index (χ0v) is 8.15. The molecule has 0 unspecified atom stereocenters. The molecule has 4 nitrogen and oxygen atoms in total. The Labute approximate surface area is 78.9 Å². The molecule has 0 saturated carbocycles. The molecule has 0 aromatic carbocycles. The second-order valence-corrected chi connectivity index (χ2v) is 3.85. The average molecular weight is 186 g/mol. The molecule has 0 aliphatic carbocycles. The van der Waals surface area contributed by atoms with Crippen LogP contribution in [0.1, 0.15) is 19.3 Å². The Morgan fingerprint density at radius 2 is 2.15 bits per heavy atom. The van der Waals surface area contributed by atoms with Crippen molar-refractivity contribution < 1.29 is 5.11 Å². The van der Waals surface area contributed by atoms with Gasteiger partial charge in [-0.2, -0.15) is 4.91 Å². The Bertz CT molecular complexity index is 156. The van der Waals surface area contributed by atoms with E-state index in [4.69, 9.17) is 0 Å². The molecule has 76 valence electrons. The van der Waals surface area contributed by atoms with Crippen LogP contribution in [-0.4, -0.2) is 42.8 Å². The summed E-state index contributed by atoms with van der Waals surface area (Å²) in [5, 5.41) is 12.4. The SMILES string of the molecule is CN1CCC([C@H](O)CCN=O)CC1. The van der Waals surface area contributed by atoms with Crippen molar-refractivity contribution in [3.8, 4) is 0 Å². The second-order valence-electron chi connectivity index (χ2n) is 3.85. The van der Waals surface area contributed by atoms with E-state index in [0.29, 0.717) is 12.3 Å². The van der Waals surface area contributed by atoms with Gasteiger partial charge in [0.1, 0.15) is 0 Å². The predicted molar refractivity (Wildman–Crippen MR) is 51.5 cm³/mol. The molecule has 1 saturated heterocycles. The van der Waals surface area contributed by atoms with Crippen molar-refractivity contribution in [1.82, 2.24) is 4.90 Å². The van der Waals surface area contributed by atoms with Gasteiger partial charge >= 0.3 is 0 Å². The van der Waals surface area contributed by atoms with Gasteiger partial charge in [0.05, 0.1) is 12.6 Å². The number of hydrogen-bond acceptors (Lipinski definition) is 4. The zero-order chi connectivity index (χ0) is 9.68. The minimum absolute atomic E-state index is 0.244. The van der Waals surface area contributed by atoms with Crippen molar-refractivity contribution >= 4 is 0 Å². The van der Waals surface area contributed by atoms with Crippen LogP contribution in [0.15, 0.2) is 5.18 Å². The number of aliphatic hydroxyl groups excluding tert-OH is 1. The largest absolute Gasteiger partial charge is 0.393 e. The van der Waals surface area contributed by atoms with Crippen LogP contribution < -0.4 is 0 Å². The van der Waals surface area contributed by atoms with E-state index in [9.17, 15) is 10.0 Å². The lowest BCUT2D eigenvalue weighted by Gasteiger charge is -2.31. The molecule has 1 atom stereocenters. The number of nitrogens with zero attached hydrogens (tertiary/aromatic N) is 2. The van der Waals surface area contributed by atoms with Crippen LogP contribution in [0.5, 0.6) is 0 Å². The highest BCUT2D eigenvalue weighted by Crippen LogP contribution is 2.21. The van der Waals surface area contributed by atoms with Gasteiger partial charge in [0, 0.05) is 0 Å².